The van der Waals surface area contributed by atoms with Crippen LogP contribution in [0.3, 0.4) is 0 Å². The zero-order valence-corrected chi connectivity index (χ0v) is 3.83. The van der Waals surface area contributed by atoms with Crippen molar-refractivity contribution in [3.8, 4) is 6.19 Å². The second kappa shape index (κ2) is 1.61. The molecule has 0 fully saturated rings. The van der Waals surface area contributed by atoms with Crippen LogP contribution in [0.4, 0.5) is 0 Å². The molecule has 0 amide bonds. The van der Waals surface area contributed by atoms with Crippen molar-refractivity contribution in [3.05, 3.63) is 0 Å². The highest BCUT2D eigenvalue weighted by Crippen LogP contribution is 1.94. The minimum absolute atomic E-state index is 0.760. The Bertz CT molecular complexity index is 121. The van der Waals surface area contributed by atoms with Crippen molar-refractivity contribution < 1.29 is 0 Å². The molecule has 0 aromatic carbocycles. The third kappa shape index (κ3) is 0.686. The molecule has 1 heterocycles. The van der Waals surface area contributed by atoms with Crippen LogP contribution in [0.15, 0.2) is 5.10 Å². The maximum absolute atomic E-state index is 8.13. The van der Waals surface area contributed by atoms with Crippen LogP contribution in [-0.4, -0.2) is 17.8 Å². The van der Waals surface area contributed by atoms with E-state index in [2.05, 4.69) is 5.10 Å². The zero-order valence-electron chi connectivity index (χ0n) is 3.83. The molecular weight excluding hydrogens is 90.1 g/mol. The van der Waals surface area contributed by atoms with Gasteiger partial charge >= 0.3 is 0 Å². The molecule has 0 atom stereocenters. The van der Waals surface area contributed by atoms with Gasteiger partial charge in [0.2, 0.25) is 6.19 Å². The van der Waals surface area contributed by atoms with Crippen molar-refractivity contribution in [2.75, 3.05) is 6.54 Å². The van der Waals surface area contributed by atoms with Gasteiger partial charge in [0.1, 0.15) is 0 Å². The molecule has 0 spiro atoms. The van der Waals surface area contributed by atoms with E-state index in [-0.39, 0.29) is 0 Å². The monoisotopic (exact) mass is 95.0 g/mol. The number of nitriles is 1. The molecule has 0 aromatic heterocycles. The van der Waals surface area contributed by atoms with E-state index in [4.69, 9.17) is 5.26 Å². The Morgan fingerprint density at radius 2 is 2.71 bits per heavy atom. The minimum atomic E-state index is 0.760. The molecule has 0 saturated carbocycles. The Hall–Kier alpha value is -1.04. The normalized spacial score (nSPS) is 17.3. The third-order valence-electron chi connectivity index (χ3n) is 0.806. The van der Waals surface area contributed by atoms with Crippen molar-refractivity contribution in [1.29, 1.82) is 5.26 Å². The van der Waals surface area contributed by atoms with Crippen molar-refractivity contribution in [1.82, 2.24) is 5.01 Å². The lowest BCUT2D eigenvalue weighted by Gasteiger charge is -1.95. The van der Waals surface area contributed by atoms with Gasteiger partial charge in [-0.15, -0.1) is 0 Å². The summed E-state index contributed by atoms with van der Waals surface area (Å²) in [6.45, 7) is 0.760. The van der Waals surface area contributed by atoms with E-state index in [1.165, 1.54) is 5.01 Å². The van der Waals surface area contributed by atoms with Gasteiger partial charge in [-0.2, -0.15) is 10.4 Å². The fourth-order valence-corrected chi connectivity index (χ4v) is 0.470. The van der Waals surface area contributed by atoms with Crippen LogP contribution in [0, 0.1) is 11.5 Å². The topological polar surface area (TPSA) is 39.4 Å². The Balaban J connectivity index is 2.47. The highest BCUT2D eigenvalue weighted by Gasteiger charge is 2.00. The first-order valence-electron chi connectivity index (χ1n) is 2.13. The average Bonchev–Trinajstić information content (AvgIpc) is 2.14. The van der Waals surface area contributed by atoms with E-state index in [9.17, 15) is 0 Å². The molecule has 0 unspecified atom stereocenters. The quantitative estimate of drug-likeness (QED) is 0.402. The Morgan fingerprint density at radius 1 is 1.86 bits per heavy atom. The molecule has 0 aliphatic carbocycles. The third-order valence-corrected chi connectivity index (χ3v) is 0.806. The molecular formula is C4H5N3. The Morgan fingerprint density at radius 3 is 3.00 bits per heavy atom. The second-order valence-corrected chi connectivity index (χ2v) is 1.31. The maximum Gasteiger partial charge on any atom is 0.201 e. The summed E-state index contributed by atoms with van der Waals surface area (Å²) in [6.07, 6.45) is 4.55. The molecule has 3 nitrogen and oxygen atoms in total. The fourth-order valence-electron chi connectivity index (χ4n) is 0.470. The van der Waals surface area contributed by atoms with E-state index in [0.717, 1.165) is 13.0 Å². The molecule has 0 N–H and O–H groups in total. The predicted octanol–water partition coefficient (Wildman–Crippen LogP) is 0.159. The summed E-state index contributed by atoms with van der Waals surface area (Å²) in [4.78, 5) is 0. The Kier molecular flexibility index (Phi) is 0.947. The van der Waals surface area contributed by atoms with Crippen LogP contribution < -0.4 is 0 Å². The van der Waals surface area contributed by atoms with Crippen molar-refractivity contribution in [2.45, 2.75) is 6.42 Å². The zero-order chi connectivity index (χ0) is 5.11. The van der Waals surface area contributed by atoms with E-state index >= 15 is 0 Å². The maximum atomic E-state index is 8.13. The fraction of sp³-hybridized carbons (Fsp3) is 0.500. The van der Waals surface area contributed by atoms with Gasteiger partial charge in [-0.05, 0) is 0 Å². The van der Waals surface area contributed by atoms with Gasteiger partial charge in [-0.1, -0.05) is 0 Å². The van der Waals surface area contributed by atoms with E-state index in [1.54, 1.807) is 6.21 Å². The standard InChI is InChI=1S/C4H5N3/c5-4-7-3-1-2-6-7/h2H,1,3H2. The first-order valence-corrected chi connectivity index (χ1v) is 2.13. The predicted molar refractivity (Wildman–Crippen MR) is 25.4 cm³/mol. The first kappa shape index (κ1) is 4.13. The minimum Gasteiger partial charge on any atom is -0.200 e. The molecule has 0 saturated heterocycles. The van der Waals surface area contributed by atoms with Crippen LogP contribution >= 0.6 is 0 Å². The molecule has 1 rings (SSSR count). The number of hydrogen-bond donors (Lipinski definition) is 0. The molecule has 36 valence electrons. The lowest BCUT2D eigenvalue weighted by Crippen LogP contribution is -2.03. The molecule has 0 bridgehead atoms. The lowest BCUT2D eigenvalue weighted by atomic mass is 10.5. The summed E-state index contributed by atoms with van der Waals surface area (Å²) in [7, 11) is 0. The van der Waals surface area contributed by atoms with E-state index < -0.39 is 0 Å². The molecule has 1 aliphatic heterocycles. The van der Waals surface area contributed by atoms with Gasteiger partial charge < -0.3 is 0 Å². The number of hydrogen-bond acceptors (Lipinski definition) is 3. The molecule has 3 heteroatoms. The largest absolute Gasteiger partial charge is 0.201 e. The summed E-state index contributed by atoms with van der Waals surface area (Å²) in [6, 6.07) is 0. The summed E-state index contributed by atoms with van der Waals surface area (Å²) in [5.41, 5.74) is 0. The van der Waals surface area contributed by atoms with Gasteiger partial charge in [-0.25, -0.2) is 5.01 Å². The highest BCUT2D eigenvalue weighted by molar-refractivity contribution is 5.59. The van der Waals surface area contributed by atoms with Crippen molar-refractivity contribution in [3.63, 3.8) is 0 Å². The van der Waals surface area contributed by atoms with Crippen molar-refractivity contribution >= 4 is 6.21 Å². The number of nitrogens with zero attached hydrogens (tertiary/aromatic N) is 3. The van der Waals surface area contributed by atoms with Crippen LogP contribution in [0.25, 0.3) is 0 Å². The van der Waals surface area contributed by atoms with Crippen LogP contribution in [0.2, 0.25) is 0 Å². The average molecular weight is 95.1 g/mol. The first-order chi connectivity index (χ1) is 3.43. The van der Waals surface area contributed by atoms with Crippen LogP contribution in [0.5, 0.6) is 0 Å². The summed E-state index contributed by atoms with van der Waals surface area (Å²) < 4.78 is 0. The summed E-state index contributed by atoms with van der Waals surface area (Å²) in [5, 5.41) is 13.2. The van der Waals surface area contributed by atoms with Gasteiger partial charge in [0.15, 0.2) is 0 Å². The highest BCUT2D eigenvalue weighted by atomic mass is 15.5. The van der Waals surface area contributed by atoms with Gasteiger partial charge in [-0.3, -0.25) is 0 Å². The summed E-state index contributed by atoms with van der Waals surface area (Å²) >= 11 is 0. The van der Waals surface area contributed by atoms with Gasteiger partial charge in [0.05, 0.1) is 6.54 Å². The number of hydrazone groups is 1. The van der Waals surface area contributed by atoms with Gasteiger partial charge in [0.25, 0.3) is 0 Å². The van der Waals surface area contributed by atoms with Crippen molar-refractivity contribution in [2.24, 2.45) is 5.10 Å². The molecule has 0 aromatic rings. The summed E-state index contributed by atoms with van der Waals surface area (Å²) in [5.74, 6) is 0. The van der Waals surface area contributed by atoms with Crippen LogP contribution in [0.1, 0.15) is 6.42 Å². The SMILES string of the molecule is N#CN1CCC=N1. The number of rotatable bonds is 0. The Labute approximate surface area is 41.8 Å². The smallest absolute Gasteiger partial charge is 0.200 e. The van der Waals surface area contributed by atoms with Crippen LogP contribution in [-0.2, 0) is 0 Å². The van der Waals surface area contributed by atoms with E-state index in [0.29, 0.717) is 0 Å². The lowest BCUT2D eigenvalue weighted by molar-refractivity contribution is 0.460. The van der Waals surface area contributed by atoms with E-state index in [1.807, 2.05) is 6.19 Å². The molecule has 7 heavy (non-hydrogen) atoms. The second-order valence-electron chi connectivity index (χ2n) is 1.31. The molecule has 0 radical (unpaired) electrons. The molecule has 1 aliphatic rings. The van der Waals surface area contributed by atoms with Gasteiger partial charge in [0, 0.05) is 12.6 Å².